The van der Waals surface area contributed by atoms with E-state index in [2.05, 4.69) is 19.9 Å². The molecule has 1 unspecified atom stereocenters. The van der Waals surface area contributed by atoms with Crippen molar-refractivity contribution in [3.05, 3.63) is 11.6 Å². The molecule has 2 saturated heterocycles. The van der Waals surface area contributed by atoms with Crippen LogP contribution in [-0.4, -0.2) is 46.7 Å². The van der Waals surface area contributed by atoms with Gasteiger partial charge < -0.3 is 19.3 Å². The lowest BCUT2D eigenvalue weighted by atomic mass is 9.45. The van der Waals surface area contributed by atoms with Gasteiger partial charge in [0.2, 0.25) is 5.60 Å². The van der Waals surface area contributed by atoms with E-state index in [4.69, 9.17) is 14.2 Å². The summed E-state index contributed by atoms with van der Waals surface area (Å²) in [6.07, 6.45) is 5.79. The summed E-state index contributed by atoms with van der Waals surface area (Å²) < 4.78 is 19.0. The van der Waals surface area contributed by atoms with Gasteiger partial charge in [-0.15, -0.1) is 0 Å². The van der Waals surface area contributed by atoms with Gasteiger partial charge in [0.15, 0.2) is 11.6 Å². The summed E-state index contributed by atoms with van der Waals surface area (Å²) in [5, 5.41) is 21.8. The lowest BCUT2D eigenvalue weighted by Crippen LogP contribution is -2.65. The van der Waals surface area contributed by atoms with Crippen molar-refractivity contribution in [1.29, 1.82) is 5.26 Å². The number of carbonyl (C=O) groups excluding carboxylic acids is 1. The van der Waals surface area contributed by atoms with E-state index < -0.39 is 28.5 Å². The molecule has 31 heavy (non-hydrogen) atoms. The Labute approximate surface area is 183 Å². The van der Waals surface area contributed by atoms with E-state index in [0.717, 1.165) is 25.7 Å². The molecule has 2 aliphatic heterocycles. The predicted molar refractivity (Wildman–Crippen MR) is 111 cm³/mol. The fourth-order valence-corrected chi connectivity index (χ4v) is 8.97. The van der Waals surface area contributed by atoms with Crippen LogP contribution in [0, 0.1) is 39.9 Å². The quantitative estimate of drug-likeness (QED) is 0.646. The van der Waals surface area contributed by atoms with E-state index in [1.807, 2.05) is 19.9 Å². The van der Waals surface area contributed by atoms with E-state index >= 15 is 0 Å². The van der Waals surface area contributed by atoms with Gasteiger partial charge in [0, 0.05) is 11.8 Å². The molecule has 0 aromatic carbocycles. The van der Waals surface area contributed by atoms with Gasteiger partial charge in [-0.05, 0) is 75.2 Å². The molecule has 0 aromatic rings. The van der Waals surface area contributed by atoms with Crippen LogP contribution >= 0.6 is 0 Å². The largest absolute Gasteiger partial charge is 0.393 e. The smallest absolute Gasteiger partial charge is 0.209 e. The molecule has 4 aliphatic carbocycles. The standard InChI is InChI=1S/C25H33NO5/c1-21(2)30-19-10-17-16-6-5-14-9-15(27)7-8-22(14,3)20(16)18(28)11-23(17,4)25(19,31-21)24(12-26)13-29-24/h9,16-20,28H,5-8,10-11,13H2,1-4H3/t16-,17-,18-,19+,20+,22-,23-,24?,25+/m0/s1. The number of fused-ring (bicyclic) bond motifs is 7. The number of nitriles is 1. The number of allylic oxidation sites excluding steroid dienone is 1. The number of ketones is 1. The molecule has 0 amide bonds. The molecule has 5 fully saturated rings. The second-order valence-corrected chi connectivity index (χ2v) is 11.9. The maximum Gasteiger partial charge on any atom is 0.209 e. The van der Waals surface area contributed by atoms with Crippen LogP contribution in [0.5, 0.6) is 0 Å². The van der Waals surface area contributed by atoms with Gasteiger partial charge in [-0.1, -0.05) is 19.4 Å². The van der Waals surface area contributed by atoms with Crippen molar-refractivity contribution in [2.75, 3.05) is 6.61 Å². The van der Waals surface area contributed by atoms with Gasteiger partial charge in [0.05, 0.1) is 18.8 Å². The van der Waals surface area contributed by atoms with Gasteiger partial charge in [-0.3, -0.25) is 4.79 Å². The number of nitrogens with zero attached hydrogens (tertiary/aromatic N) is 1. The molecule has 2 heterocycles. The molecule has 6 heteroatoms. The summed E-state index contributed by atoms with van der Waals surface area (Å²) in [5.74, 6) is 0.167. The molecule has 168 valence electrons. The van der Waals surface area contributed by atoms with Gasteiger partial charge in [0.25, 0.3) is 0 Å². The van der Waals surface area contributed by atoms with Gasteiger partial charge in [-0.25, -0.2) is 0 Å². The number of hydrogen-bond donors (Lipinski definition) is 1. The Kier molecular flexibility index (Phi) is 3.81. The summed E-state index contributed by atoms with van der Waals surface area (Å²) in [5.41, 5.74) is -1.18. The number of ether oxygens (including phenoxy) is 3. The number of aliphatic hydroxyl groups is 1. The van der Waals surface area contributed by atoms with Crippen molar-refractivity contribution in [2.24, 2.45) is 28.6 Å². The summed E-state index contributed by atoms with van der Waals surface area (Å²) in [6.45, 7) is 8.66. The molecule has 6 aliphatic rings. The van der Waals surface area contributed by atoms with E-state index in [1.54, 1.807) is 0 Å². The summed E-state index contributed by atoms with van der Waals surface area (Å²) in [7, 11) is 0. The Balaban J connectivity index is 1.45. The van der Waals surface area contributed by atoms with Crippen molar-refractivity contribution in [1.82, 2.24) is 0 Å². The minimum atomic E-state index is -0.998. The maximum absolute atomic E-state index is 12.1. The van der Waals surface area contributed by atoms with Crippen LogP contribution in [0.1, 0.15) is 66.2 Å². The number of aliphatic hydroxyl groups excluding tert-OH is 1. The van der Waals surface area contributed by atoms with Gasteiger partial charge >= 0.3 is 0 Å². The zero-order chi connectivity index (χ0) is 22.0. The van der Waals surface area contributed by atoms with Gasteiger partial charge in [-0.2, -0.15) is 5.26 Å². The number of carbonyl (C=O) groups is 1. The van der Waals surface area contributed by atoms with Crippen LogP contribution in [0.4, 0.5) is 0 Å². The Morgan fingerprint density at radius 3 is 2.65 bits per heavy atom. The molecule has 3 saturated carbocycles. The van der Waals surface area contributed by atoms with Crippen molar-refractivity contribution in [3.8, 4) is 6.07 Å². The Morgan fingerprint density at radius 2 is 1.97 bits per heavy atom. The first-order chi connectivity index (χ1) is 14.5. The normalized spacial score (nSPS) is 56.6. The third-order valence-corrected chi connectivity index (χ3v) is 10.1. The van der Waals surface area contributed by atoms with Crippen LogP contribution in [0.2, 0.25) is 0 Å². The topological polar surface area (TPSA) is 92.1 Å². The Bertz CT molecular complexity index is 931. The van der Waals surface area contributed by atoms with Crippen LogP contribution in [-0.2, 0) is 19.0 Å². The van der Waals surface area contributed by atoms with Crippen molar-refractivity contribution >= 4 is 5.78 Å². The van der Waals surface area contributed by atoms with Crippen molar-refractivity contribution < 1.29 is 24.1 Å². The molecular formula is C25H33NO5. The summed E-state index contributed by atoms with van der Waals surface area (Å²) in [6, 6.07) is 2.44. The Hall–Kier alpha value is -1.26. The average Bonchev–Trinajstić information content (AvgIpc) is 3.38. The van der Waals surface area contributed by atoms with Gasteiger partial charge in [0.1, 0.15) is 11.7 Å². The van der Waals surface area contributed by atoms with Crippen LogP contribution < -0.4 is 0 Å². The highest BCUT2D eigenvalue weighted by molar-refractivity contribution is 5.91. The highest BCUT2D eigenvalue weighted by atomic mass is 16.8. The monoisotopic (exact) mass is 427 g/mol. The van der Waals surface area contributed by atoms with E-state index in [-0.39, 0.29) is 29.1 Å². The minimum absolute atomic E-state index is 0.126. The van der Waals surface area contributed by atoms with Crippen LogP contribution in [0.3, 0.4) is 0 Å². The third kappa shape index (κ3) is 2.24. The van der Waals surface area contributed by atoms with E-state index in [1.165, 1.54) is 5.57 Å². The maximum atomic E-state index is 12.1. The Morgan fingerprint density at radius 1 is 1.23 bits per heavy atom. The number of hydrogen-bond acceptors (Lipinski definition) is 6. The highest BCUT2D eigenvalue weighted by Crippen LogP contribution is 2.74. The fraction of sp³-hybridized carbons (Fsp3) is 0.840. The highest BCUT2D eigenvalue weighted by Gasteiger charge is 2.84. The molecule has 1 N–H and O–H groups in total. The molecule has 0 aromatic heterocycles. The first-order valence-electron chi connectivity index (χ1n) is 11.9. The van der Waals surface area contributed by atoms with E-state index in [9.17, 15) is 15.2 Å². The first-order valence-corrected chi connectivity index (χ1v) is 11.9. The molecule has 0 radical (unpaired) electrons. The lowest BCUT2D eigenvalue weighted by Gasteiger charge is -2.61. The average molecular weight is 428 g/mol. The zero-order valence-corrected chi connectivity index (χ0v) is 18.9. The SMILES string of the molecule is CC1(C)O[C@@H]2C[C@H]3[C@@H]4CCC5=CC(=O)CC[C@]5(C)[C@H]4[C@@H](O)C[C@]3(C)[C@]2(C2(C#N)CO2)O1. The summed E-state index contributed by atoms with van der Waals surface area (Å²) >= 11 is 0. The molecule has 6 nitrogen and oxygen atoms in total. The lowest BCUT2D eigenvalue weighted by molar-refractivity contribution is -0.240. The molecule has 6 rings (SSSR count). The number of rotatable bonds is 1. The zero-order valence-electron chi connectivity index (χ0n) is 18.9. The molecular weight excluding hydrogens is 394 g/mol. The second-order valence-electron chi connectivity index (χ2n) is 11.9. The van der Waals surface area contributed by atoms with Crippen molar-refractivity contribution in [3.63, 3.8) is 0 Å². The van der Waals surface area contributed by atoms with Crippen LogP contribution in [0.15, 0.2) is 11.6 Å². The van der Waals surface area contributed by atoms with Crippen molar-refractivity contribution in [2.45, 2.75) is 95.4 Å². The number of epoxide rings is 1. The minimum Gasteiger partial charge on any atom is -0.393 e. The van der Waals surface area contributed by atoms with E-state index in [0.29, 0.717) is 25.4 Å². The fourth-order valence-electron chi connectivity index (χ4n) is 8.97. The second kappa shape index (κ2) is 5.80. The molecule has 0 spiro atoms. The molecule has 9 atom stereocenters. The molecule has 0 bridgehead atoms. The predicted octanol–water partition coefficient (Wildman–Crippen LogP) is 3.28. The summed E-state index contributed by atoms with van der Waals surface area (Å²) in [4.78, 5) is 12.1. The first kappa shape index (κ1) is 20.4. The third-order valence-electron chi connectivity index (χ3n) is 10.1. The van der Waals surface area contributed by atoms with Crippen LogP contribution in [0.25, 0.3) is 0 Å².